The molecule has 0 fully saturated rings. The Bertz CT molecular complexity index is 858. The maximum atomic E-state index is 14.1. The molecule has 2 aromatic carbocycles. The Morgan fingerprint density at radius 3 is 2.81 bits per heavy atom. The van der Waals surface area contributed by atoms with Gasteiger partial charge in [0, 0.05) is 10.5 Å². The number of carbonyl (C=O) groups excluding carboxylic acids is 1. The summed E-state index contributed by atoms with van der Waals surface area (Å²) in [5.74, 6) is -1.53. The first-order chi connectivity index (χ1) is 13.0. The lowest BCUT2D eigenvalue weighted by Gasteiger charge is -2.20. The smallest absolute Gasteiger partial charge is 0.316 e. The van der Waals surface area contributed by atoms with Crippen molar-refractivity contribution in [3.8, 4) is 5.75 Å². The fourth-order valence-electron chi connectivity index (χ4n) is 2.95. The third kappa shape index (κ3) is 4.42. The van der Waals surface area contributed by atoms with Gasteiger partial charge in [-0.15, -0.1) is 11.8 Å². The molecule has 1 amide bonds. The Labute approximate surface area is 160 Å². The van der Waals surface area contributed by atoms with E-state index in [-0.39, 0.29) is 17.7 Å². The largest absolute Gasteiger partial charge is 0.490 e. The van der Waals surface area contributed by atoms with Gasteiger partial charge in [-0.25, -0.2) is 4.39 Å². The van der Waals surface area contributed by atoms with E-state index in [9.17, 15) is 14.0 Å². The topological polar surface area (TPSA) is 75.6 Å². The number of benzene rings is 2. The van der Waals surface area contributed by atoms with Crippen LogP contribution in [0.1, 0.15) is 41.7 Å². The lowest BCUT2D eigenvalue weighted by Crippen LogP contribution is -2.29. The maximum absolute atomic E-state index is 14.1. The van der Waals surface area contributed by atoms with Crippen LogP contribution in [0, 0.1) is 5.82 Å². The Morgan fingerprint density at radius 2 is 2.04 bits per heavy atom. The van der Waals surface area contributed by atoms with E-state index in [0.717, 1.165) is 11.8 Å². The second-order valence-corrected chi connectivity index (χ2v) is 7.65. The number of carboxylic acid groups (broad SMARTS) is 1. The third-order valence-corrected chi connectivity index (χ3v) is 5.51. The highest BCUT2D eigenvalue weighted by Gasteiger charge is 2.25. The van der Waals surface area contributed by atoms with Gasteiger partial charge in [-0.05, 0) is 38.0 Å². The summed E-state index contributed by atoms with van der Waals surface area (Å²) in [5, 5.41) is 11.4. The van der Waals surface area contributed by atoms with Gasteiger partial charge in [0.25, 0.3) is 5.91 Å². The fraction of sp³-hybridized carbons (Fsp3) is 0.300. The number of hydrogen-bond acceptors (Lipinski definition) is 4. The molecule has 2 aromatic rings. The molecule has 0 aromatic heterocycles. The van der Waals surface area contributed by atoms with Crippen molar-refractivity contribution in [2.75, 3.05) is 6.61 Å². The zero-order valence-corrected chi connectivity index (χ0v) is 15.6. The summed E-state index contributed by atoms with van der Waals surface area (Å²) in [7, 11) is 0. The predicted molar refractivity (Wildman–Crippen MR) is 101 cm³/mol. The zero-order chi connectivity index (χ0) is 19.4. The lowest BCUT2D eigenvalue weighted by molar-refractivity contribution is -0.136. The molecule has 0 radical (unpaired) electrons. The number of rotatable bonds is 5. The van der Waals surface area contributed by atoms with Crippen LogP contribution in [0.2, 0.25) is 0 Å². The second kappa shape index (κ2) is 8.43. The number of amides is 1. The van der Waals surface area contributed by atoms with E-state index in [0.29, 0.717) is 35.5 Å². The third-order valence-electron chi connectivity index (χ3n) is 4.34. The molecule has 1 aliphatic rings. The van der Waals surface area contributed by atoms with Gasteiger partial charge in [-0.1, -0.05) is 24.3 Å². The van der Waals surface area contributed by atoms with Gasteiger partial charge in [-0.2, -0.15) is 0 Å². The van der Waals surface area contributed by atoms with Crippen molar-refractivity contribution in [2.24, 2.45) is 0 Å². The van der Waals surface area contributed by atoms with Crippen molar-refractivity contribution < 1.29 is 23.8 Å². The summed E-state index contributed by atoms with van der Waals surface area (Å²) in [4.78, 5) is 24.6. The van der Waals surface area contributed by atoms with Crippen LogP contribution in [0.4, 0.5) is 4.39 Å². The summed E-state index contributed by atoms with van der Waals surface area (Å²) in [5.41, 5.74) is 1.02. The molecule has 1 aliphatic heterocycles. The Kier molecular flexibility index (Phi) is 6.01. The molecular formula is C20H20FNO4S. The Morgan fingerprint density at radius 1 is 1.26 bits per heavy atom. The molecule has 0 saturated heterocycles. The van der Waals surface area contributed by atoms with E-state index in [2.05, 4.69) is 5.32 Å². The first kappa shape index (κ1) is 19.2. The molecule has 7 heteroatoms. The van der Waals surface area contributed by atoms with Crippen LogP contribution in [0.3, 0.4) is 0 Å². The minimum atomic E-state index is -0.944. The average molecular weight is 389 g/mol. The van der Waals surface area contributed by atoms with Crippen LogP contribution >= 0.6 is 11.8 Å². The van der Waals surface area contributed by atoms with E-state index in [1.54, 1.807) is 43.3 Å². The van der Waals surface area contributed by atoms with Crippen molar-refractivity contribution in [2.45, 2.75) is 36.0 Å². The molecular weight excluding hydrogens is 369 g/mol. The minimum Gasteiger partial charge on any atom is -0.490 e. The average Bonchev–Trinajstić information content (AvgIpc) is 2.85. The van der Waals surface area contributed by atoms with Crippen LogP contribution in [0.25, 0.3) is 0 Å². The molecule has 0 aliphatic carbocycles. The lowest BCUT2D eigenvalue weighted by atomic mass is 10.0. The molecule has 1 heterocycles. The number of fused-ring (bicyclic) bond motifs is 1. The van der Waals surface area contributed by atoms with Gasteiger partial charge < -0.3 is 15.2 Å². The number of carboxylic acids is 1. The summed E-state index contributed by atoms with van der Waals surface area (Å²) in [6.07, 6.45) is 1.31. The number of halogens is 1. The number of para-hydroxylation sites is 1. The van der Waals surface area contributed by atoms with Crippen LogP contribution in [-0.4, -0.2) is 28.8 Å². The molecule has 0 bridgehead atoms. The van der Waals surface area contributed by atoms with Gasteiger partial charge in [0.05, 0.1) is 18.2 Å². The Hall–Kier alpha value is -2.54. The van der Waals surface area contributed by atoms with E-state index in [4.69, 9.17) is 9.84 Å². The van der Waals surface area contributed by atoms with Gasteiger partial charge in [0.1, 0.15) is 5.25 Å². The number of aliphatic carboxylic acids is 1. The summed E-state index contributed by atoms with van der Waals surface area (Å²) in [6.45, 7) is 1.96. The Balaban J connectivity index is 1.84. The zero-order valence-electron chi connectivity index (χ0n) is 14.8. The van der Waals surface area contributed by atoms with Gasteiger partial charge >= 0.3 is 5.97 Å². The number of ether oxygens (including phenoxy) is 1. The molecule has 142 valence electrons. The normalized spacial score (nSPS) is 17.2. The molecule has 2 N–H and O–H groups in total. The van der Waals surface area contributed by atoms with Crippen molar-refractivity contribution in [3.63, 3.8) is 0 Å². The molecule has 0 spiro atoms. The first-order valence-corrected chi connectivity index (χ1v) is 9.56. The minimum absolute atomic E-state index is 0.183. The molecule has 0 saturated carbocycles. The number of hydrogen-bond donors (Lipinski definition) is 2. The van der Waals surface area contributed by atoms with Crippen LogP contribution in [-0.2, 0) is 4.79 Å². The fourth-order valence-corrected chi connectivity index (χ4v) is 3.88. The molecule has 2 atom stereocenters. The van der Waals surface area contributed by atoms with Gasteiger partial charge in [-0.3, -0.25) is 9.59 Å². The van der Waals surface area contributed by atoms with E-state index in [1.165, 1.54) is 6.07 Å². The van der Waals surface area contributed by atoms with Gasteiger partial charge in [0.2, 0.25) is 0 Å². The molecule has 2 unspecified atom stereocenters. The van der Waals surface area contributed by atoms with Crippen molar-refractivity contribution >= 4 is 23.6 Å². The summed E-state index contributed by atoms with van der Waals surface area (Å²) >= 11 is 1.12. The highest BCUT2D eigenvalue weighted by molar-refractivity contribution is 8.00. The van der Waals surface area contributed by atoms with E-state index in [1.807, 2.05) is 0 Å². The predicted octanol–water partition coefficient (Wildman–Crippen LogP) is 4.03. The number of thioether (sulfide) groups is 1. The van der Waals surface area contributed by atoms with Crippen LogP contribution in [0.15, 0.2) is 47.4 Å². The number of nitrogens with one attached hydrogen (secondary N) is 1. The first-order valence-electron chi connectivity index (χ1n) is 8.68. The van der Waals surface area contributed by atoms with Crippen LogP contribution in [0.5, 0.6) is 5.75 Å². The van der Waals surface area contributed by atoms with Crippen molar-refractivity contribution in [3.05, 3.63) is 59.4 Å². The summed E-state index contributed by atoms with van der Waals surface area (Å²) in [6, 6.07) is 11.2. The number of carbonyl (C=O) groups is 2. The monoisotopic (exact) mass is 389 g/mol. The highest BCUT2D eigenvalue weighted by atomic mass is 32.2. The van der Waals surface area contributed by atoms with Crippen molar-refractivity contribution in [1.29, 1.82) is 0 Å². The molecule has 27 heavy (non-hydrogen) atoms. The second-order valence-electron chi connectivity index (χ2n) is 6.27. The van der Waals surface area contributed by atoms with E-state index >= 15 is 0 Å². The highest BCUT2D eigenvalue weighted by Crippen LogP contribution is 2.34. The summed E-state index contributed by atoms with van der Waals surface area (Å²) < 4.78 is 19.6. The molecule has 3 rings (SSSR count). The quantitative estimate of drug-likeness (QED) is 0.755. The standard InChI is InChI=1S/C20H20FNO4S/c1-12(20(24)25)27-17-10-3-2-6-14(17)19(23)22-16-9-5-11-26-18-13(16)7-4-8-15(18)21/h2-4,6-8,10,12,16H,5,9,11H2,1H3,(H,22,23)(H,24,25). The molecule has 5 nitrogen and oxygen atoms in total. The van der Waals surface area contributed by atoms with E-state index < -0.39 is 17.0 Å². The van der Waals surface area contributed by atoms with Crippen LogP contribution < -0.4 is 10.1 Å². The SMILES string of the molecule is CC(Sc1ccccc1C(=O)NC1CCCOc2c(F)cccc21)C(=O)O. The van der Waals surface area contributed by atoms with Gasteiger partial charge in [0.15, 0.2) is 11.6 Å². The van der Waals surface area contributed by atoms with Crippen molar-refractivity contribution in [1.82, 2.24) is 5.32 Å². The maximum Gasteiger partial charge on any atom is 0.316 e.